The van der Waals surface area contributed by atoms with Crippen molar-refractivity contribution in [3.8, 4) is 5.75 Å². The SMILES string of the molecule is CO/C=C(/C(=O)OC)c1ccc(Cl)cc1COc1ccc(CC2CC2)cc1. The van der Waals surface area contributed by atoms with E-state index in [9.17, 15) is 4.79 Å². The molecule has 0 heterocycles. The van der Waals surface area contributed by atoms with Crippen molar-refractivity contribution in [3.05, 3.63) is 70.4 Å². The Balaban J connectivity index is 1.76. The molecule has 5 heteroatoms. The topological polar surface area (TPSA) is 44.8 Å². The molecule has 0 unspecified atom stereocenters. The molecule has 4 nitrogen and oxygen atoms in total. The van der Waals surface area contributed by atoms with E-state index in [0.29, 0.717) is 16.2 Å². The zero-order valence-corrected chi connectivity index (χ0v) is 16.3. The zero-order chi connectivity index (χ0) is 19.2. The maximum atomic E-state index is 12.1. The molecule has 0 radical (unpaired) electrons. The number of carbonyl (C=O) groups excluding carboxylic acids is 1. The van der Waals surface area contributed by atoms with Crippen LogP contribution in [-0.4, -0.2) is 20.2 Å². The maximum Gasteiger partial charge on any atom is 0.341 e. The highest BCUT2D eigenvalue weighted by atomic mass is 35.5. The van der Waals surface area contributed by atoms with Crippen LogP contribution in [0.25, 0.3) is 5.57 Å². The van der Waals surface area contributed by atoms with Gasteiger partial charge in [0.2, 0.25) is 0 Å². The highest BCUT2D eigenvalue weighted by Gasteiger charge is 2.21. The molecule has 2 aromatic rings. The van der Waals surface area contributed by atoms with Gasteiger partial charge >= 0.3 is 5.97 Å². The fourth-order valence-electron chi connectivity index (χ4n) is 2.93. The highest BCUT2D eigenvalue weighted by Crippen LogP contribution is 2.33. The molecular formula is C22H23ClO4. The Morgan fingerprint density at radius 2 is 1.89 bits per heavy atom. The van der Waals surface area contributed by atoms with Crippen LogP contribution >= 0.6 is 11.6 Å². The summed E-state index contributed by atoms with van der Waals surface area (Å²) >= 11 is 6.15. The van der Waals surface area contributed by atoms with Gasteiger partial charge in [0.05, 0.1) is 20.5 Å². The second-order valence-corrected chi connectivity index (χ2v) is 7.08. The molecule has 2 aromatic carbocycles. The molecule has 0 N–H and O–H groups in total. The number of hydrogen-bond acceptors (Lipinski definition) is 4. The highest BCUT2D eigenvalue weighted by molar-refractivity contribution is 6.30. The van der Waals surface area contributed by atoms with Crippen molar-refractivity contribution in [2.75, 3.05) is 14.2 Å². The number of halogens is 1. The number of ether oxygens (including phenoxy) is 3. The summed E-state index contributed by atoms with van der Waals surface area (Å²) in [5, 5.41) is 0.568. The van der Waals surface area contributed by atoms with Gasteiger partial charge in [-0.3, -0.25) is 0 Å². The van der Waals surface area contributed by atoms with Crippen molar-refractivity contribution in [2.24, 2.45) is 5.92 Å². The van der Waals surface area contributed by atoms with Gasteiger partial charge in [-0.15, -0.1) is 0 Å². The second kappa shape index (κ2) is 8.96. The van der Waals surface area contributed by atoms with Gasteiger partial charge in [-0.2, -0.15) is 0 Å². The van der Waals surface area contributed by atoms with Crippen LogP contribution < -0.4 is 4.74 Å². The van der Waals surface area contributed by atoms with Crippen LogP contribution in [0.5, 0.6) is 5.75 Å². The molecule has 1 saturated carbocycles. The maximum absolute atomic E-state index is 12.1. The van der Waals surface area contributed by atoms with E-state index in [4.69, 9.17) is 25.8 Å². The summed E-state index contributed by atoms with van der Waals surface area (Å²) in [6.45, 7) is 0.274. The molecule has 0 spiro atoms. The van der Waals surface area contributed by atoms with Crippen molar-refractivity contribution in [1.29, 1.82) is 0 Å². The van der Waals surface area contributed by atoms with E-state index >= 15 is 0 Å². The lowest BCUT2D eigenvalue weighted by atomic mass is 10.0. The Hall–Kier alpha value is -2.46. The lowest BCUT2D eigenvalue weighted by Gasteiger charge is -2.13. The van der Waals surface area contributed by atoms with E-state index in [1.54, 1.807) is 18.2 Å². The van der Waals surface area contributed by atoms with Crippen LogP contribution in [0.4, 0.5) is 0 Å². The lowest BCUT2D eigenvalue weighted by molar-refractivity contribution is -0.133. The third-order valence-corrected chi connectivity index (χ3v) is 4.77. The van der Waals surface area contributed by atoms with Gasteiger partial charge in [0.15, 0.2) is 0 Å². The largest absolute Gasteiger partial charge is 0.503 e. The van der Waals surface area contributed by atoms with Crippen LogP contribution in [0.3, 0.4) is 0 Å². The Morgan fingerprint density at radius 1 is 1.15 bits per heavy atom. The van der Waals surface area contributed by atoms with Crippen LogP contribution in [0.15, 0.2) is 48.7 Å². The van der Waals surface area contributed by atoms with Crippen molar-refractivity contribution in [1.82, 2.24) is 0 Å². The van der Waals surface area contributed by atoms with Gasteiger partial charge in [-0.25, -0.2) is 4.79 Å². The minimum Gasteiger partial charge on any atom is -0.503 e. The number of carbonyl (C=O) groups is 1. The molecule has 0 amide bonds. The summed E-state index contributed by atoms with van der Waals surface area (Å²) in [6, 6.07) is 13.4. The molecule has 1 aliphatic carbocycles. The van der Waals surface area contributed by atoms with Crippen LogP contribution in [0.2, 0.25) is 5.02 Å². The van der Waals surface area contributed by atoms with Crippen LogP contribution in [-0.2, 0) is 27.3 Å². The summed E-state index contributed by atoms with van der Waals surface area (Å²) in [5.41, 5.74) is 3.09. The second-order valence-electron chi connectivity index (χ2n) is 6.64. The normalized spacial score (nSPS) is 14.0. The van der Waals surface area contributed by atoms with Crippen molar-refractivity contribution in [3.63, 3.8) is 0 Å². The number of rotatable bonds is 8. The first-order chi connectivity index (χ1) is 13.1. The standard InChI is InChI=1S/C22H23ClO4/c1-25-14-21(22(24)26-2)20-10-7-18(23)12-17(20)13-27-19-8-5-16(6-9-19)11-15-3-4-15/h5-10,12,14-15H,3-4,11,13H2,1-2H3/b21-14+. The average Bonchev–Trinajstić information content (AvgIpc) is 3.49. The first-order valence-corrected chi connectivity index (χ1v) is 9.30. The minimum absolute atomic E-state index is 0.274. The van der Waals surface area contributed by atoms with E-state index < -0.39 is 5.97 Å². The molecule has 0 aromatic heterocycles. The molecule has 0 atom stereocenters. The Morgan fingerprint density at radius 3 is 2.52 bits per heavy atom. The predicted octanol–water partition coefficient (Wildman–Crippen LogP) is 5.03. The van der Waals surface area contributed by atoms with Crippen LogP contribution in [0, 0.1) is 5.92 Å². The van der Waals surface area contributed by atoms with Crippen molar-refractivity contribution >= 4 is 23.1 Å². The number of methoxy groups -OCH3 is 2. The minimum atomic E-state index is -0.482. The smallest absolute Gasteiger partial charge is 0.341 e. The van der Waals surface area contributed by atoms with E-state index in [1.165, 1.54) is 38.9 Å². The van der Waals surface area contributed by atoms with Crippen molar-refractivity contribution < 1.29 is 19.0 Å². The van der Waals surface area contributed by atoms with E-state index in [-0.39, 0.29) is 6.61 Å². The number of esters is 1. The molecule has 0 aliphatic heterocycles. The molecule has 27 heavy (non-hydrogen) atoms. The van der Waals surface area contributed by atoms with Crippen molar-refractivity contribution in [2.45, 2.75) is 25.9 Å². The Kier molecular flexibility index (Phi) is 6.40. The molecule has 142 valence electrons. The zero-order valence-electron chi connectivity index (χ0n) is 15.5. The Bertz CT molecular complexity index is 823. The van der Waals surface area contributed by atoms with Gasteiger partial charge in [0.1, 0.15) is 17.9 Å². The summed E-state index contributed by atoms with van der Waals surface area (Å²) in [7, 11) is 2.82. The molecule has 1 aliphatic rings. The fourth-order valence-corrected chi connectivity index (χ4v) is 3.13. The average molecular weight is 387 g/mol. The first-order valence-electron chi connectivity index (χ1n) is 8.92. The first kappa shape index (κ1) is 19.3. The molecule has 1 fully saturated rings. The number of benzene rings is 2. The molecule has 3 rings (SSSR count). The molecule has 0 saturated heterocycles. The van der Waals surface area contributed by atoms with Crippen LogP contribution in [0.1, 0.15) is 29.5 Å². The quantitative estimate of drug-likeness (QED) is 0.362. The van der Waals surface area contributed by atoms with Gasteiger partial charge < -0.3 is 14.2 Å². The van der Waals surface area contributed by atoms with Gasteiger partial charge in [-0.05, 0) is 66.1 Å². The summed E-state index contributed by atoms with van der Waals surface area (Å²) in [5.74, 6) is 1.15. The lowest BCUT2D eigenvalue weighted by Crippen LogP contribution is -2.08. The van der Waals surface area contributed by atoms with E-state index in [0.717, 1.165) is 23.7 Å². The van der Waals surface area contributed by atoms with E-state index in [1.807, 2.05) is 12.1 Å². The monoisotopic (exact) mass is 386 g/mol. The summed E-state index contributed by atoms with van der Waals surface area (Å²) in [6.07, 6.45) is 5.19. The summed E-state index contributed by atoms with van der Waals surface area (Å²) < 4.78 is 15.8. The third kappa shape index (κ3) is 5.27. The van der Waals surface area contributed by atoms with Gasteiger partial charge in [-0.1, -0.05) is 29.8 Å². The molecular weight excluding hydrogens is 364 g/mol. The molecule has 0 bridgehead atoms. The number of hydrogen-bond donors (Lipinski definition) is 0. The third-order valence-electron chi connectivity index (χ3n) is 4.54. The summed E-state index contributed by atoms with van der Waals surface area (Å²) in [4.78, 5) is 12.1. The Labute approximate surface area is 164 Å². The fraction of sp³-hybridized carbons (Fsp3) is 0.318. The van der Waals surface area contributed by atoms with Gasteiger partial charge in [0.25, 0.3) is 0 Å². The van der Waals surface area contributed by atoms with Gasteiger partial charge in [0, 0.05) is 5.02 Å². The predicted molar refractivity (Wildman–Crippen MR) is 106 cm³/mol. The van der Waals surface area contributed by atoms with E-state index in [2.05, 4.69) is 12.1 Å².